The Morgan fingerprint density at radius 1 is 1.35 bits per heavy atom. The van der Waals surface area contributed by atoms with Crippen molar-refractivity contribution in [3.63, 3.8) is 0 Å². The monoisotopic (exact) mass is 322 g/mol. The maximum absolute atomic E-state index is 13.8. The maximum Gasteiger partial charge on any atom is 0.169 e. The van der Waals surface area contributed by atoms with Gasteiger partial charge >= 0.3 is 0 Å². The van der Waals surface area contributed by atoms with Gasteiger partial charge in [-0.1, -0.05) is 6.92 Å². The minimum atomic E-state index is -0.622. The Kier molecular flexibility index (Phi) is 4.78. The van der Waals surface area contributed by atoms with Crippen LogP contribution in [0.25, 0.3) is 0 Å². The largest absolute Gasteiger partial charge is 0.316 e. The summed E-state index contributed by atoms with van der Waals surface area (Å²) in [6.07, 6.45) is 2.62. The van der Waals surface area contributed by atoms with Crippen LogP contribution in [0.3, 0.4) is 0 Å². The van der Waals surface area contributed by atoms with Crippen molar-refractivity contribution in [1.29, 1.82) is 0 Å². The third-order valence-corrected chi connectivity index (χ3v) is 5.21. The second-order valence-electron chi connectivity index (χ2n) is 7.28. The molecular formula is C18H24F2N2O. The van der Waals surface area contributed by atoms with Crippen LogP contribution >= 0.6 is 0 Å². The fourth-order valence-electron chi connectivity index (χ4n) is 3.80. The van der Waals surface area contributed by atoms with Gasteiger partial charge in [0.05, 0.1) is 5.56 Å². The van der Waals surface area contributed by atoms with E-state index in [4.69, 9.17) is 0 Å². The van der Waals surface area contributed by atoms with Crippen LogP contribution in [-0.4, -0.2) is 43.4 Å². The number of benzene rings is 1. The van der Waals surface area contributed by atoms with E-state index >= 15 is 0 Å². The van der Waals surface area contributed by atoms with E-state index in [1.54, 1.807) is 0 Å². The molecule has 2 heterocycles. The normalized spacial score (nSPS) is 26.6. The number of hydrogen-bond donors (Lipinski definition) is 1. The minimum Gasteiger partial charge on any atom is -0.316 e. The molecule has 0 amide bonds. The van der Waals surface area contributed by atoms with Gasteiger partial charge in [0.2, 0.25) is 0 Å². The highest BCUT2D eigenvalue weighted by Crippen LogP contribution is 2.29. The van der Waals surface area contributed by atoms with Crippen LogP contribution in [0.15, 0.2) is 18.2 Å². The molecule has 2 saturated heterocycles. The highest BCUT2D eigenvalue weighted by molar-refractivity contribution is 5.98. The van der Waals surface area contributed by atoms with Gasteiger partial charge in [0, 0.05) is 19.0 Å². The fourth-order valence-corrected chi connectivity index (χ4v) is 3.80. The molecule has 126 valence electrons. The van der Waals surface area contributed by atoms with E-state index in [0.29, 0.717) is 5.41 Å². The second-order valence-corrected chi connectivity index (χ2v) is 7.28. The van der Waals surface area contributed by atoms with Crippen LogP contribution in [0.2, 0.25) is 0 Å². The summed E-state index contributed by atoms with van der Waals surface area (Å²) in [5.74, 6) is -1.63. The molecule has 1 N–H and O–H groups in total. The molecule has 3 rings (SSSR count). The van der Waals surface area contributed by atoms with E-state index in [9.17, 15) is 13.6 Å². The number of carbonyl (C=O) groups excluding carboxylic acids is 1. The molecule has 5 heteroatoms. The second kappa shape index (κ2) is 6.65. The number of Topliss-reactive ketones (excluding diaryl/α,β-unsaturated/α-hetero) is 1. The third-order valence-electron chi connectivity index (χ3n) is 5.21. The van der Waals surface area contributed by atoms with E-state index in [1.165, 1.54) is 6.42 Å². The predicted molar refractivity (Wildman–Crippen MR) is 85.4 cm³/mol. The summed E-state index contributed by atoms with van der Waals surface area (Å²) in [6.45, 7) is 7.15. The fraction of sp³-hybridized carbons (Fsp3) is 0.611. The Labute approximate surface area is 136 Å². The van der Waals surface area contributed by atoms with Crippen LogP contribution in [0.4, 0.5) is 8.78 Å². The van der Waals surface area contributed by atoms with E-state index in [0.717, 1.165) is 63.8 Å². The first-order valence-electron chi connectivity index (χ1n) is 8.39. The standard InChI is InChI=1S/C18H24F2N2O/c1-18(6-7-21-11-18)12-22-8-4-13(5-9-22)17(23)15-10-14(19)2-3-16(15)20/h2-3,10,13,21H,4-9,11-12H2,1H3. The zero-order chi connectivity index (χ0) is 16.4. The summed E-state index contributed by atoms with van der Waals surface area (Å²) >= 11 is 0. The number of rotatable bonds is 4. The molecule has 1 aromatic rings. The van der Waals surface area contributed by atoms with Crippen molar-refractivity contribution < 1.29 is 13.6 Å². The molecule has 3 nitrogen and oxygen atoms in total. The van der Waals surface area contributed by atoms with Gasteiger partial charge in [-0.25, -0.2) is 8.78 Å². The molecule has 23 heavy (non-hydrogen) atoms. The number of likely N-dealkylation sites (tertiary alicyclic amines) is 1. The van der Waals surface area contributed by atoms with Crippen LogP contribution in [0.5, 0.6) is 0 Å². The number of ketones is 1. The van der Waals surface area contributed by atoms with Gasteiger partial charge in [-0.2, -0.15) is 0 Å². The van der Waals surface area contributed by atoms with Crippen molar-refractivity contribution in [3.8, 4) is 0 Å². The van der Waals surface area contributed by atoms with Crippen molar-refractivity contribution in [3.05, 3.63) is 35.4 Å². The summed E-state index contributed by atoms with van der Waals surface area (Å²) < 4.78 is 27.0. The van der Waals surface area contributed by atoms with Crippen molar-refractivity contribution in [2.45, 2.75) is 26.2 Å². The zero-order valence-electron chi connectivity index (χ0n) is 13.6. The zero-order valence-corrected chi connectivity index (χ0v) is 13.6. The molecule has 2 aliphatic rings. The van der Waals surface area contributed by atoms with E-state index in [-0.39, 0.29) is 17.3 Å². The SMILES string of the molecule is CC1(CN2CCC(C(=O)c3cc(F)ccc3F)CC2)CCNC1. The molecule has 2 fully saturated rings. The lowest BCUT2D eigenvalue weighted by atomic mass is 9.85. The lowest BCUT2D eigenvalue weighted by Gasteiger charge is -2.36. The topological polar surface area (TPSA) is 32.3 Å². The number of piperidine rings is 1. The van der Waals surface area contributed by atoms with E-state index in [2.05, 4.69) is 17.1 Å². The van der Waals surface area contributed by atoms with Gasteiger partial charge in [-0.3, -0.25) is 4.79 Å². The van der Waals surface area contributed by atoms with Crippen LogP contribution < -0.4 is 5.32 Å². The summed E-state index contributed by atoms with van der Waals surface area (Å²) in [4.78, 5) is 14.9. The minimum absolute atomic E-state index is 0.101. The summed E-state index contributed by atoms with van der Waals surface area (Å²) in [6, 6.07) is 3.10. The number of halogens is 2. The lowest BCUT2D eigenvalue weighted by molar-refractivity contribution is 0.0793. The molecule has 0 aliphatic carbocycles. The number of nitrogens with one attached hydrogen (secondary N) is 1. The first kappa shape index (κ1) is 16.5. The maximum atomic E-state index is 13.8. The highest BCUT2D eigenvalue weighted by Gasteiger charge is 2.33. The van der Waals surface area contributed by atoms with Gasteiger partial charge < -0.3 is 10.2 Å². The highest BCUT2D eigenvalue weighted by atomic mass is 19.1. The Morgan fingerprint density at radius 2 is 2.09 bits per heavy atom. The number of carbonyl (C=O) groups is 1. The van der Waals surface area contributed by atoms with Gasteiger partial charge in [0.15, 0.2) is 5.78 Å². The van der Waals surface area contributed by atoms with Gasteiger partial charge in [0.25, 0.3) is 0 Å². The molecule has 0 aromatic heterocycles. The third kappa shape index (κ3) is 3.78. The average molecular weight is 322 g/mol. The summed E-state index contributed by atoms with van der Waals surface area (Å²) in [5, 5.41) is 3.40. The molecule has 0 radical (unpaired) electrons. The molecule has 1 unspecified atom stereocenters. The van der Waals surface area contributed by atoms with Gasteiger partial charge in [0.1, 0.15) is 11.6 Å². The lowest BCUT2D eigenvalue weighted by Crippen LogP contribution is -2.43. The molecule has 2 aliphatic heterocycles. The van der Waals surface area contributed by atoms with Crippen molar-refractivity contribution >= 4 is 5.78 Å². The van der Waals surface area contributed by atoms with Crippen molar-refractivity contribution in [1.82, 2.24) is 10.2 Å². The predicted octanol–water partition coefficient (Wildman–Crippen LogP) is 2.86. The van der Waals surface area contributed by atoms with Gasteiger partial charge in [-0.15, -0.1) is 0 Å². The average Bonchev–Trinajstić information content (AvgIpc) is 2.96. The molecule has 0 bridgehead atoms. The Balaban J connectivity index is 1.58. The van der Waals surface area contributed by atoms with Crippen LogP contribution in [0.1, 0.15) is 36.5 Å². The summed E-state index contributed by atoms with van der Waals surface area (Å²) in [7, 11) is 0. The van der Waals surface area contributed by atoms with E-state index < -0.39 is 11.6 Å². The van der Waals surface area contributed by atoms with Crippen molar-refractivity contribution in [2.75, 3.05) is 32.7 Å². The first-order chi connectivity index (χ1) is 11.0. The van der Waals surface area contributed by atoms with Crippen LogP contribution in [-0.2, 0) is 0 Å². The van der Waals surface area contributed by atoms with Crippen LogP contribution in [0, 0.1) is 23.0 Å². The molecule has 0 spiro atoms. The van der Waals surface area contributed by atoms with E-state index in [1.807, 2.05) is 0 Å². The first-order valence-corrected chi connectivity index (χ1v) is 8.39. The van der Waals surface area contributed by atoms with Crippen molar-refractivity contribution in [2.24, 2.45) is 11.3 Å². The molecule has 1 atom stereocenters. The summed E-state index contributed by atoms with van der Waals surface area (Å²) in [5.41, 5.74) is 0.210. The quantitative estimate of drug-likeness (QED) is 0.865. The molecule has 1 aromatic carbocycles. The molecule has 0 saturated carbocycles. The Hall–Kier alpha value is -1.33. The Bertz CT molecular complexity index is 576. The number of nitrogens with zero attached hydrogens (tertiary/aromatic N) is 1. The number of hydrogen-bond acceptors (Lipinski definition) is 3. The van der Waals surface area contributed by atoms with Gasteiger partial charge in [-0.05, 0) is 62.5 Å². The Morgan fingerprint density at radius 3 is 2.74 bits per heavy atom. The smallest absolute Gasteiger partial charge is 0.169 e. The molecular weight excluding hydrogens is 298 g/mol.